The fraction of sp³-hybridized carbons (Fsp3) is 0.333. The van der Waals surface area contributed by atoms with Gasteiger partial charge in [-0.25, -0.2) is 0 Å². The molecule has 2 aromatic carbocycles. The van der Waals surface area contributed by atoms with E-state index in [1.54, 1.807) is 6.07 Å². The van der Waals surface area contributed by atoms with E-state index in [1.807, 2.05) is 19.1 Å². The topological polar surface area (TPSA) is 41.5 Å². The molecule has 0 aliphatic rings. The average molecular weight is 285 g/mol. The number of phenols is 1. The van der Waals surface area contributed by atoms with E-state index in [0.29, 0.717) is 24.8 Å². The number of nitrogens with one attached hydrogen (secondary N) is 1. The van der Waals surface area contributed by atoms with E-state index in [4.69, 9.17) is 4.74 Å². The van der Waals surface area contributed by atoms with Gasteiger partial charge in [0.15, 0.2) is 11.5 Å². The number of hydrogen-bond acceptors (Lipinski definition) is 3. The highest BCUT2D eigenvalue weighted by Gasteiger charge is 2.04. The molecule has 0 heterocycles. The van der Waals surface area contributed by atoms with Crippen molar-refractivity contribution in [3.8, 4) is 11.5 Å². The van der Waals surface area contributed by atoms with Gasteiger partial charge in [-0.3, -0.25) is 0 Å². The molecule has 0 aromatic heterocycles. The maximum Gasteiger partial charge on any atom is 0.161 e. The highest BCUT2D eigenvalue weighted by Crippen LogP contribution is 2.27. The van der Waals surface area contributed by atoms with Gasteiger partial charge in [-0.05, 0) is 48.2 Å². The van der Waals surface area contributed by atoms with Crippen LogP contribution in [0.5, 0.6) is 11.5 Å². The number of ether oxygens (including phenoxy) is 1. The predicted octanol–water partition coefficient (Wildman–Crippen LogP) is 4.53. The van der Waals surface area contributed by atoms with Crippen molar-refractivity contribution in [3.05, 3.63) is 53.6 Å². The van der Waals surface area contributed by atoms with E-state index in [2.05, 4.69) is 43.4 Å². The van der Waals surface area contributed by atoms with Gasteiger partial charge in [-0.2, -0.15) is 0 Å². The maximum atomic E-state index is 9.70. The van der Waals surface area contributed by atoms with Crippen LogP contribution in [-0.2, 0) is 6.54 Å². The number of phenolic OH excluding ortho intramolecular Hbond substituents is 1. The molecule has 0 unspecified atom stereocenters. The lowest BCUT2D eigenvalue weighted by atomic mass is 10.0. The molecule has 0 bridgehead atoms. The van der Waals surface area contributed by atoms with E-state index in [9.17, 15) is 5.11 Å². The largest absolute Gasteiger partial charge is 0.504 e. The van der Waals surface area contributed by atoms with Crippen LogP contribution in [0.2, 0.25) is 0 Å². The zero-order chi connectivity index (χ0) is 15.2. The van der Waals surface area contributed by atoms with Gasteiger partial charge in [0.05, 0.1) is 6.61 Å². The summed E-state index contributed by atoms with van der Waals surface area (Å²) in [5, 5.41) is 13.1. The van der Waals surface area contributed by atoms with E-state index >= 15 is 0 Å². The Labute approximate surface area is 126 Å². The summed E-state index contributed by atoms with van der Waals surface area (Å²) in [6.45, 7) is 7.52. The van der Waals surface area contributed by atoms with Crippen LogP contribution in [0, 0.1) is 0 Å². The molecule has 0 saturated carbocycles. The highest BCUT2D eigenvalue weighted by molar-refractivity contribution is 5.48. The molecule has 0 amide bonds. The summed E-state index contributed by atoms with van der Waals surface area (Å²) in [7, 11) is 0. The summed E-state index contributed by atoms with van der Waals surface area (Å²) in [5.41, 5.74) is 3.50. The third-order valence-electron chi connectivity index (χ3n) is 3.37. The first-order valence-corrected chi connectivity index (χ1v) is 7.38. The van der Waals surface area contributed by atoms with Gasteiger partial charge in [0.2, 0.25) is 0 Å². The van der Waals surface area contributed by atoms with Crippen molar-refractivity contribution in [1.29, 1.82) is 0 Å². The van der Waals surface area contributed by atoms with Crippen LogP contribution in [0.3, 0.4) is 0 Å². The summed E-state index contributed by atoms with van der Waals surface area (Å²) < 4.78 is 5.40. The summed E-state index contributed by atoms with van der Waals surface area (Å²) in [5.74, 6) is 1.24. The minimum Gasteiger partial charge on any atom is -0.504 e. The Morgan fingerprint density at radius 1 is 1.14 bits per heavy atom. The quantitative estimate of drug-likeness (QED) is 0.819. The molecule has 0 spiro atoms. The second kappa shape index (κ2) is 7.02. The minimum absolute atomic E-state index is 0.183. The van der Waals surface area contributed by atoms with E-state index in [0.717, 1.165) is 11.3 Å². The molecule has 2 rings (SSSR count). The number of hydrogen-bond donors (Lipinski definition) is 2. The normalized spacial score (nSPS) is 10.7. The third kappa shape index (κ3) is 4.15. The van der Waals surface area contributed by atoms with Gasteiger partial charge >= 0.3 is 0 Å². The number of benzene rings is 2. The van der Waals surface area contributed by atoms with E-state index in [-0.39, 0.29) is 5.75 Å². The predicted molar refractivity (Wildman–Crippen MR) is 87.1 cm³/mol. The van der Waals surface area contributed by atoms with E-state index in [1.165, 1.54) is 5.56 Å². The van der Waals surface area contributed by atoms with Crippen molar-refractivity contribution in [2.24, 2.45) is 0 Å². The van der Waals surface area contributed by atoms with Crippen molar-refractivity contribution in [2.75, 3.05) is 11.9 Å². The second-order valence-corrected chi connectivity index (χ2v) is 5.37. The lowest BCUT2D eigenvalue weighted by molar-refractivity contribution is 0.318. The number of anilines is 1. The molecule has 3 heteroatoms. The van der Waals surface area contributed by atoms with Crippen LogP contribution in [0.15, 0.2) is 42.5 Å². The molecule has 21 heavy (non-hydrogen) atoms. The molecular weight excluding hydrogens is 262 g/mol. The summed E-state index contributed by atoms with van der Waals surface area (Å²) in [4.78, 5) is 0. The first kappa shape index (κ1) is 15.2. The summed E-state index contributed by atoms with van der Waals surface area (Å²) >= 11 is 0. The smallest absolute Gasteiger partial charge is 0.161 e. The molecule has 0 atom stereocenters. The molecule has 0 aliphatic carbocycles. The SMILES string of the molecule is CCOc1cc(CNc2cccc(C(C)C)c2)ccc1O. The fourth-order valence-corrected chi connectivity index (χ4v) is 2.15. The zero-order valence-corrected chi connectivity index (χ0v) is 12.9. The first-order chi connectivity index (χ1) is 10.1. The number of aromatic hydroxyl groups is 1. The fourth-order valence-electron chi connectivity index (χ4n) is 2.15. The van der Waals surface area contributed by atoms with Crippen LogP contribution in [0.1, 0.15) is 37.8 Å². The van der Waals surface area contributed by atoms with Crippen LogP contribution < -0.4 is 10.1 Å². The molecule has 0 radical (unpaired) electrons. The van der Waals surface area contributed by atoms with Gasteiger partial charge in [-0.1, -0.05) is 32.0 Å². The van der Waals surface area contributed by atoms with Gasteiger partial charge < -0.3 is 15.2 Å². The Hall–Kier alpha value is -2.16. The Morgan fingerprint density at radius 2 is 1.95 bits per heavy atom. The van der Waals surface area contributed by atoms with Crippen LogP contribution in [0.4, 0.5) is 5.69 Å². The lowest BCUT2D eigenvalue weighted by Gasteiger charge is -2.12. The Morgan fingerprint density at radius 3 is 2.67 bits per heavy atom. The van der Waals surface area contributed by atoms with Crippen molar-refractivity contribution in [1.82, 2.24) is 0 Å². The van der Waals surface area contributed by atoms with Crippen molar-refractivity contribution < 1.29 is 9.84 Å². The first-order valence-electron chi connectivity index (χ1n) is 7.38. The van der Waals surface area contributed by atoms with E-state index < -0.39 is 0 Å². The second-order valence-electron chi connectivity index (χ2n) is 5.37. The van der Waals surface area contributed by atoms with Gasteiger partial charge in [0, 0.05) is 12.2 Å². The maximum absolute atomic E-state index is 9.70. The third-order valence-corrected chi connectivity index (χ3v) is 3.37. The van der Waals surface area contributed by atoms with Crippen molar-refractivity contribution in [3.63, 3.8) is 0 Å². The average Bonchev–Trinajstić information content (AvgIpc) is 2.48. The molecule has 0 aliphatic heterocycles. The zero-order valence-electron chi connectivity index (χ0n) is 12.9. The Kier molecular flexibility index (Phi) is 5.09. The van der Waals surface area contributed by atoms with Crippen molar-refractivity contribution in [2.45, 2.75) is 33.2 Å². The molecule has 0 fully saturated rings. The molecule has 112 valence electrons. The van der Waals surface area contributed by atoms with Crippen molar-refractivity contribution >= 4 is 5.69 Å². The van der Waals surface area contributed by atoms with Crippen LogP contribution >= 0.6 is 0 Å². The monoisotopic (exact) mass is 285 g/mol. The summed E-state index contributed by atoms with van der Waals surface area (Å²) in [6, 6.07) is 13.9. The molecule has 0 saturated heterocycles. The Balaban J connectivity index is 2.06. The standard InChI is InChI=1S/C18H23NO2/c1-4-21-18-10-14(8-9-17(18)20)12-19-16-7-5-6-15(11-16)13(2)3/h5-11,13,19-20H,4,12H2,1-3H3. The molecule has 2 N–H and O–H groups in total. The highest BCUT2D eigenvalue weighted by atomic mass is 16.5. The number of rotatable bonds is 6. The van der Waals surface area contributed by atoms with Crippen LogP contribution in [-0.4, -0.2) is 11.7 Å². The molecule has 2 aromatic rings. The van der Waals surface area contributed by atoms with Gasteiger partial charge in [0.25, 0.3) is 0 Å². The van der Waals surface area contributed by atoms with Crippen LogP contribution in [0.25, 0.3) is 0 Å². The molecular formula is C18H23NO2. The minimum atomic E-state index is 0.183. The van der Waals surface area contributed by atoms with Gasteiger partial charge in [0.1, 0.15) is 0 Å². The Bertz CT molecular complexity index is 594. The summed E-state index contributed by atoms with van der Waals surface area (Å²) in [6.07, 6.45) is 0. The van der Waals surface area contributed by atoms with Gasteiger partial charge in [-0.15, -0.1) is 0 Å². The molecule has 3 nitrogen and oxygen atoms in total. The lowest BCUT2D eigenvalue weighted by Crippen LogP contribution is -2.01.